The number of nitrogens with zero attached hydrogens (tertiary/aromatic N) is 1. The largest absolute Gasteiger partial charge is 0.439 e. The number of aromatic nitrogens is 1. The van der Waals surface area contributed by atoms with Gasteiger partial charge in [-0.05, 0) is 43.2 Å². The molecule has 3 nitrogen and oxygen atoms in total. The van der Waals surface area contributed by atoms with E-state index in [1.165, 1.54) is 0 Å². The van der Waals surface area contributed by atoms with Crippen molar-refractivity contribution in [1.29, 1.82) is 0 Å². The van der Waals surface area contributed by atoms with Gasteiger partial charge in [0.2, 0.25) is 5.88 Å². The number of ether oxygens (including phenoxy) is 1. The lowest BCUT2D eigenvalue weighted by Gasteiger charge is -2.09. The summed E-state index contributed by atoms with van der Waals surface area (Å²) in [6.45, 7) is 3.92. The van der Waals surface area contributed by atoms with Gasteiger partial charge in [0.15, 0.2) is 0 Å². The van der Waals surface area contributed by atoms with E-state index in [0.717, 1.165) is 21.3 Å². The van der Waals surface area contributed by atoms with Gasteiger partial charge in [-0.3, -0.25) is 0 Å². The van der Waals surface area contributed by atoms with Gasteiger partial charge in [0, 0.05) is 22.8 Å². The molecule has 4 heteroatoms. The molecule has 0 radical (unpaired) electrons. The third kappa shape index (κ3) is 3.09. The van der Waals surface area contributed by atoms with Crippen LogP contribution in [0.2, 0.25) is 0 Å². The number of pyridine rings is 1. The summed E-state index contributed by atoms with van der Waals surface area (Å²) >= 11 is 3.42. The quantitative estimate of drug-likeness (QED) is 0.933. The molecule has 0 saturated heterocycles. The van der Waals surface area contributed by atoms with Crippen LogP contribution in [0.5, 0.6) is 11.6 Å². The second-order valence-electron chi connectivity index (χ2n) is 4.23. The highest BCUT2D eigenvalue weighted by atomic mass is 79.9. The monoisotopic (exact) mass is 306 g/mol. The fraction of sp³-hybridized carbons (Fsp3) is 0.214. The summed E-state index contributed by atoms with van der Waals surface area (Å²) < 4.78 is 6.76. The lowest BCUT2D eigenvalue weighted by Crippen LogP contribution is -2.05. The molecule has 0 saturated carbocycles. The van der Waals surface area contributed by atoms with E-state index in [2.05, 4.69) is 20.9 Å². The second-order valence-corrected chi connectivity index (χ2v) is 5.15. The normalized spacial score (nSPS) is 12.2. The van der Waals surface area contributed by atoms with Gasteiger partial charge in [-0.15, -0.1) is 0 Å². The summed E-state index contributed by atoms with van der Waals surface area (Å²) in [6, 6.07) is 9.62. The number of benzene rings is 1. The minimum atomic E-state index is -0.0130. The summed E-state index contributed by atoms with van der Waals surface area (Å²) in [6.07, 6.45) is 1.74. The Hall–Kier alpha value is -1.39. The zero-order valence-corrected chi connectivity index (χ0v) is 11.9. The molecule has 0 spiro atoms. The number of hydrogen-bond acceptors (Lipinski definition) is 3. The van der Waals surface area contributed by atoms with Crippen LogP contribution in [-0.4, -0.2) is 4.98 Å². The van der Waals surface area contributed by atoms with Crippen molar-refractivity contribution >= 4 is 15.9 Å². The predicted octanol–water partition coefficient (Wildman–Crippen LogP) is 3.96. The SMILES string of the molecule is Cc1cc(Br)ccc1Oc1ccc([C@H](C)N)cn1. The van der Waals surface area contributed by atoms with E-state index in [-0.39, 0.29) is 6.04 Å². The van der Waals surface area contributed by atoms with Crippen LogP contribution in [0.1, 0.15) is 24.1 Å². The van der Waals surface area contributed by atoms with Gasteiger partial charge in [-0.1, -0.05) is 22.0 Å². The second kappa shape index (κ2) is 5.50. The maximum absolute atomic E-state index is 5.77. The van der Waals surface area contributed by atoms with Crippen molar-refractivity contribution in [2.75, 3.05) is 0 Å². The molecule has 2 N–H and O–H groups in total. The van der Waals surface area contributed by atoms with Crippen LogP contribution in [0.3, 0.4) is 0 Å². The molecular weight excluding hydrogens is 292 g/mol. The Morgan fingerprint density at radius 1 is 1.28 bits per heavy atom. The Balaban J connectivity index is 2.18. The average Bonchev–Trinajstić information content (AvgIpc) is 2.33. The maximum Gasteiger partial charge on any atom is 0.219 e. The molecule has 0 bridgehead atoms. The van der Waals surface area contributed by atoms with E-state index in [4.69, 9.17) is 10.5 Å². The average molecular weight is 307 g/mol. The van der Waals surface area contributed by atoms with Crippen LogP contribution in [0.4, 0.5) is 0 Å². The van der Waals surface area contributed by atoms with Crippen LogP contribution in [0, 0.1) is 6.92 Å². The summed E-state index contributed by atoms with van der Waals surface area (Å²) in [5.74, 6) is 1.38. The topological polar surface area (TPSA) is 48.1 Å². The minimum absolute atomic E-state index is 0.0130. The number of nitrogens with two attached hydrogens (primary N) is 1. The lowest BCUT2D eigenvalue weighted by atomic mass is 10.2. The van der Waals surface area contributed by atoms with Gasteiger partial charge in [0.1, 0.15) is 5.75 Å². The van der Waals surface area contributed by atoms with Crippen LogP contribution < -0.4 is 10.5 Å². The van der Waals surface area contributed by atoms with Gasteiger partial charge in [-0.25, -0.2) is 4.98 Å². The molecule has 0 aliphatic heterocycles. The van der Waals surface area contributed by atoms with Crippen molar-refractivity contribution in [3.8, 4) is 11.6 Å². The highest BCUT2D eigenvalue weighted by Gasteiger charge is 2.04. The Bertz CT molecular complexity index is 538. The standard InChI is InChI=1S/C14H15BrN2O/c1-9-7-12(15)4-5-13(9)18-14-6-3-11(8-17-14)10(2)16/h3-8,10H,16H2,1-2H3/t10-/m0/s1. The third-order valence-electron chi connectivity index (χ3n) is 2.64. The smallest absolute Gasteiger partial charge is 0.219 e. The summed E-state index contributed by atoms with van der Waals surface area (Å²) in [7, 11) is 0. The Morgan fingerprint density at radius 3 is 2.61 bits per heavy atom. The van der Waals surface area contributed by atoms with Gasteiger partial charge in [-0.2, -0.15) is 0 Å². The van der Waals surface area contributed by atoms with Crippen molar-refractivity contribution in [1.82, 2.24) is 4.98 Å². The number of rotatable bonds is 3. The molecule has 18 heavy (non-hydrogen) atoms. The molecule has 2 rings (SSSR count). The number of aryl methyl sites for hydroxylation is 1. The Morgan fingerprint density at radius 2 is 2.06 bits per heavy atom. The van der Waals surface area contributed by atoms with E-state index in [0.29, 0.717) is 5.88 Å². The fourth-order valence-electron chi connectivity index (χ4n) is 1.56. The number of halogens is 1. The van der Waals surface area contributed by atoms with Crippen molar-refractivity contribution in [3.63, 3.8) is 0 Å². The van der Waals surface area contributed by atoms with Crippen LogP contribution in [-0.2, 0) is 0 Å². The predicted molar refractivity (Wildman–Crippen MR) is 75.8 cm³/mol. The number of hydrogen-bond donors (Lipinski definition) is 1. The molecule has 1 heterocycles. The fourth-order valence-corrected chi connectivity index (χ4v) is 2.04. The van der Waals surface area contributed by atoms with Crippen molar-refractivity contribution < 1.29 is 4.74 Å². The van der Waals surface area contributed by atoms with Gasteiger partial charge >= 0.3 is 0 Å². The van der Waals surface area contributed by atoms with E-state index >= 15 is 0 Å². The summed E-state index contributed by atoms with van der Waals surface area (Å²) in [5.41, 5.74) is 7.82. The third-order valence-corrected chi connectivity index (χ3v) is 3.13. The van der Waals surface area contributed by atoms with Crippen LogP contribution >= 0.6 is 15.9 Å². The first-order chi connectivity index (χ1) is 8.56. The van der Waals surface area contributed by atoms with Crippen molar-refractivity contribution in [3.05, 3.63) is 52.1 Å². The first-order valence-corrected chi connectivity index (χ1v) is 6.51. The summed E-state index contributed by atoms with van der Waals surface area (Å²) in [5, 5.41) is 0. The highest BCUT2D eigenvalue weighted by molar-refractivity contribution is 9.10. The lowest BCUT2D eigenvalue weighted by molar-refractivity contribution is 0.458. The minimum Gasteiger partial charge on any atom is -0.439 e. The zero-order valence-electron chi connectivity index (χ0n) is 10.4. The molecule has 1 aromatic heterocycles. The van der Waals surface area contributed by atoms with Crippen molar-refractivity contribution in [2.45, 2.75) is 19.9 Å². The molecule has 2 aromatic rings. The first kappa shape index (κ1) is 13.1. The van der Waals surface area contributed by atoms with E-state index < -0.39 is 0 Å². The highest BCUT2D eigenvalue weighted by Crippen LogP contribution is 2.26. The Labute approximate surface area is 115 Å². The van der Waals surface area contributed by atoms with Gasteiger partial charge in [0.25, 0.3) is 0 Å². The maximum atomic E-state index is 5.77. The molecule has 1 atom stereocenters. The molecular formula is C14H15BrN2O. The summed E-state index contributed by atoms with van der Waals surface area (Å²) in [4.78, 5) is 4.24. The van der Waals surface area contributed by atoms with Gasteiger partial charge < -0.3 is 10.5 Å². The first-order valence-electron chi connectivity index (χ1n) is 5.72. The van der Waals surface area contributed by atoms with Crippen LogP contribution in [0.25, 0.3) is 0 Å². The molecule has 94 valence electrons. The van der Waals surface area contributed by atoms with E-state index in [1.807, 2.05) is 44.2 Å². The molecule has 0 amide bonds. The van der Waals surface area contributed by atoms with Crippen LogP contribution in [0.15, 0.2) is 41.0 Å². The molecule has 0 unspecified atom stereocenters. The molecule has 0 aliphatic carbocycles. The Kier molecular flexibility index (Phi) is 3.99. The van der Waals surface area contributed by atoms with Crippen molar-refractivity contribution in [2.24, 2.45) is 5.73 Å². The zero-order chi connectivity index (χ0) is 13.1. The molecule has 0 aliphatic rings. The molecule has 1 aromatic carbocycles. The van der Waals surface area contributed by atoms with E-state index in [9.17, 15) is 0 Å². The molecule has 0 fully saturated rings. The van der Waals surface area contributed by atoms with E-state index in [1.54, 1.807) is 6.20 Å². The van der Waals surface area contributed by atoms with Gasteiger partial charge in [0.05, 0.1) is 0 Å².